The average Bonchev–Trinajstić information content (AvgIpc) is 2.85. The zero-order chi connectivity index (χ0) is 23.9. The molecule has 0 fully saturated rings. The normalized spacial score (nSPS) is 10.9. The monoisotopic (exact) mass is 488 g/mol. The number of benzene rings is 4. The third-order valence-electron chi connectivity index (χ3n) is 4.52. The number of non-ortho nitro benzene ring substituents is 2. The molecule has 0 amide bonds. The quantitative estimate of drug-likeness (QED) is 0.140. The van der Waals surface area contributed by atoms with Gasteiger partial charge in [0.2, 0.25) is 0 Å². The maximum atomic E-state index is 10.8. The Morgan fingerprint density at radius 1 is 0.471 bits per heavy atom. The fourth-order valence-electron chi connectivity index (χ4n) is 2.82. The van der Waals surface area contributed by atoms with Crippen molar-refractivity contribution in [3.05, 3.63) is 117 Å². The fraction of sp³-hybridized carbons (Fsp3) is 0. The van der Waals surface area contributed by atoms with Crippen LogP contribution in [0.4, 0.5) is 22.7 Å². The molecule has 0 spiro atoms. The number of nitro benzene ring substituents is 2. The molecule has 0 unspecified atom stereocenters. The highest BCUT2D eigenvalue weighted by Gasteiger charge is 2.06. The standard InChI is InChI=1S/C24H16N4O4S2/c29-27(30)19-5-13-23(14-6-19)33-21-9-1-17(2-10-21)25-26-18-3-11-22(12-4-18)34-24-15-7-20(8-16-24)28(31)32/h1-16H. The maximum Gasteiger partial charge on any atom is 0.269 e. The molecule has 0 saturated heterocycles. The summed E-state index contributed by atoms with van der Waals surface area (Å²) in [4.78, 5) is 24.5. The van der Waals surface area contributed by atoms with Crippen LogP contribution < -0.4 is 0 Å². The first kappa shape index (κ1) is 23.1. The third-order valence-corrected chi connectivity index (χ3v) is 6.55. The van der Waals surface area contributed by atoms with Crippen molar-refractivity contribution in [1.29, 1.82) is 0 Å². The van der Waals surface area contributed by atoms with Gasteiger partial charge in [-0.2, -0.15) is 10.2 Å². The van der Waals surface area contributed by atoms with E-state index in [1.54, 1.807) is 24.3 Å². The molecular formula is C24H16N4O4S2. The summed E-state index contributed by atoms with van der Waals surface area (Å²) in [6.45, 7) is 0. The number of azo groups is 1. The average molecular weight is 489 g/mol. The van der Waals surface area contributed by atoms with Crippen LogP contribution in [0, 0.1) is 20.2 Å². The van der Waals surface area contributed by atoms with E-state index in [0.717, 1.165) is 19.6 Å². The summed E-state index contributed by atoms with van der Waals surface area (Å²) >= 11 is 3.01. The number of nitrogens with zero attached hydrogens (tertiary/aromatic N) is 4. The van der Waals surface area contributed by atoms with Gasteiger partial charge in [-0.3, -0.25) is 20.2 Å². The summed E-state index contributed by atoms with van der Waals surface area (Å²) in [5, 5.41) is 30.0. The van der Waals surface area contributed by atoms with Crippen LogP contribution in [0.3, 0.4) is 0 Å². The Kier molecular flexibility index (Phi) is 7.31. The topological polar surface area (TPSA) is 111 Å². The Morgan fingerprint density at radius 3 is 1.00 bits per heavy atom. The largest absolute Gasteiger partial charge is 0.269 e. The molecule has 8 nitrogen and oxygen atoms in total. The van der Waals surface area contributed by atoms with E-state index in [1.807, 2.05) is 48.5 Å². The molecule has 0 aliphatic heterocycles. The lowest BCUT2D eigenvalue weighted by atomic mass is 10.3. The fourth-order valence-corrected chi connectivity index (χ4v) is 4.45. The van der Waals surface area contributed by atoms with Crippen molar-refractivity contribution in [1.82, 2.24) is 0 Å². The van der Waals surface area contributed by atoms with Gasteiger partial charge in [-0.05, 0) is 72.8 Å². The predicted octanol–water partition coefficient (Wildman–Crippen LogP) is 8.22. The van der Waals surface area contributed by atoms with Gasteiger partial charge in [-0.15, -0.1) is 0 Å². The first-order valence-corrected chi connectivity index (χ1v) is 11.6. The summed E-state index contributed by atoms with van der Waals surface area (Å²) in [6.07, 6.45) is 0. The van der Waals surface area contributed by atoms with Crippen molar-refractivity contribution in [2.45, 2.75) is 19.6 Å². The van der Waals surface area contributed by atoms with Crippen molar-refractivity contribution < 1.29 is 9.85 Å². The summed E-state index contributed by atoms with van der Waals surface area (Å²) < 4.78 is 0. The molecule has 4 aromatic carbocycles. The van der Waals surface area contributed by atoms with Crippen LogP contribution >= 0.6 is 23.5 Å². The van der Waals surface area contributed by atoms with E-state index >= 15 is 0 Å². The molecular weight excluding hydrogens is 472 g/mol. The van der Waals surface area contributed by atoms with E-state index in [9.17, 15) is 20.2 Å². The molecule has 10 heteroatoms. The number of nitro groups is 2. The summed E-state index contributed by atoms with van der Waals surface area (Å²) in [6, 6.07) is 27.9. The van der Waals surface area contributed by atoms with E-state index in [0.29, 0.717) is 11.4 Å². The Bertz CT molecular complexity index is 1220. The van der Waals surface area contributed by atoms with Gasteiger partial charge in [-0.1, -0.05) is 23.5 Å². The molecule has 0 aliphatic rings. The Balaban J connectivity index is 1.34. The molecule has 0 aliphatic carbocycles. The lowest BCUT2D eigenvalue weighted by Gasteiger charge is -2.02. The number of hydrogen-bond donors (Lipinski definition) is 0. The van der Waals surface area contributed by atoms with Crippen LogP contribution in [0.25, 0.3) is 0 Å². The second kappa shape index (κ2) is 10.7. The summed E-state index contributed by atoms with van der Waals surface area (Å²) in [5.41, 5.74) is 1.55. The summed E-state index contributed by atoms with van der Waals surface area (Å²) in [5.74, 6) is 0. The first-order valence-electron chi connectivity index (χ1n) is 9.93. The molecule has 0 N–H and O–H groups in total. The van der Waals surface area contributed by atoms with Gasteiger partial charge >= 0.3 is 0 Å². The molecule has 34 heavy (non-hydrogen) atoms. The van der Waals surface area contributed by atoms with Crippen LogP contribution in [0.15, 0.2) is 127 Å². The minimum absolute atomic E-state index is 0.0677. The highest BCUT2D eigenvalue weighted by molar-refractivity contribution is 7.99. The first-order chi connectivity index (χ1) is 16.5. The van der Waals surface area contributed by atoms with Crippen molar-refractivity contribution in [2.75, 3.05) is 0 Å². The SMILES string of the molecule is O=[N+]([O-])c1ccc(Sc2ccc(N=Nc3ccc(Sc4ccc([N+](=O)[O-])cc4)cc3)cc2)cc1. The van der Waals surface area contributed by atoms with Gasteiger partial charge < -0.3 is 0 Å². The molecule has 0 radical (unpaired) electrons. The minimum Gasteiger partial charge on any atom is -0.258 e. The van der Waals surface area contributed by atoms with Gasteiger partial charge in [0.15, 0.2) is 0 Å². The van der Waals surface area contributed by atoms with Crippen LogP contribution in [0.2, 0.25) is 0 Å². The van der Waals surface area contributed by atoms with E-state index in [-0.39, 0.29) is 11.4 Å². The number of hydrogen-bond acceptors (Lipinski definition) is 8. The molecule has 4 aromatic rings. The highest BCUT2D eigenvalue weighted by atomic mass is 32.2. The van der Waals surface area contributed by atoms with Gasteiger partial charge in [-0.25, -0.2) is 0 Å². The van der Waals surface area contributed by atoms with Crippen molar-refractivity contribution in [3.8, 4) is 0 Å². The lowest BCUT2D eigenvalue weighted by Crippen LogP contribution is -1.86. The Hall–Kier alpha value is -4.02. The predicted molar refractivity (Wildman–Crippen MR) is 131 cm³/mol. The zero-order valence-electron chi connectivity index (χ0n) is 17.5. The smallest absolute Gasteiger partial charge is 0.258 e. The molecule has 0 atom stereocenters. The van der Waals surface area contributed by atoms with Crippen molar-refractivity contribution in [3.63, 3.8) is 0 Å². The molecule has 168 valence electrons. The zero-order valence-corrected chi connectivity index (χ0v) is 19.1. The van der Waals surface area contributed by atoms with Crippen LogP contribution in [0.1, 0.15) is 0 Å². The van der Waals surface area contributed by atoms with Crippen LogP contribution in [0.5, 0.6) is 0 Å². The van der Waals surface area contributed by atoms with E-state index in [4.69, 9.17) is 0 Å². The van der Waals surface area contributed by atoms with E-state index < -0.39 is 9.85 Å². The van der Waals surface area contributed by atoms with E-state index in [2.05, 4.69) is 10.2 Å². The van der Waals surface area contributed by atoms with Crippen molar-refractivity contribution >= 4 is 46.3 Å². The molecule has 0 saturated carbocycles. The Labute approximate surface area is 203 Å². The highest BCUT2D eigenvalue weighted by Crippen LogP contribution is 2.32. The van der Waals surface area contributed by atoms with Gasteiger partial charge in [0.05, 0.1) is 21.2 Å². The van der Waals surface area contributed by atoms with Gasteiger partial charge in [0.1, 0.15) is 0 Å². The van der Waals surface area contributed by atoms with Gasteiger partial charge in [0.25, 0.3) is 11.4 Å². The molecule has 0 bridgehead atoms. The maximum absolute atomic E-state index is 10.8. The van der Waals surface area contributed by atoms with Crippen molar-refractivity contribution in [2.24, 2.45) is 10.2 Å². The minimum atomic E-state index is -0.417. The van der Waals surface area contributed by atoms with Crippen LogP contribution in [-0.4, -0.2) is 9.85 Å². The van der Waals surface area contributed by atoms with E-state index in [1.165, 1.54) is 47.8 Å². The second-order valence-electron chi connectivity index (χ2n) is 6.89. The number of rotatable bonds is 8. The molecule has 4 rings (SSSR count). The molecule has 0 aromatic heterocycles. The van der Waals surface area contributed by atoms with Gasteiger partial charge in [0, 0.05) is 43.8 Å². The lowest BCUT2D eigenvalue weighted by molar-refractivity contribution is -0.385. The Morgan fingerprint density at radius 2 is 0.735 bits per heavy atom. The van der Waals surface area contributed by atoms with Crippen LogP contribution in [-0.2, 0) is 0 Å². The molecule has 0 heterocycles. The third kappa shape index (κ3) is 6.27. The summed E-state index contributed by atoms with van der Waals surface area (Å²) in [7, 11) is 0. The second-order valence-corrected chi connectivity index (χ2v) is 9.19.